The van der Waals surface area contributed by atoms with E-state index < -0.39 is 0 Å². The van der Waals surface area contributed by atoms with Gasteiger partial charge in [-0.15, -0.1) is 0 Å². The minimum Gasteiger partial charge on any atom is -0.359 e. The third-order valence-electron chi connectivity index (χ3n) is 4.87. The molecule has 4 fully saturated rings. The van der Waals surface area contributed by atoms with Crippen molar-refractivity contribution in [3.63, 3.8) is 0 Å². The average Bonchev–Trinajstić information content (AvgIpc) is 2.71. The second-order valence-electron chi connectivity index (χ2n) is 5.77. The van der Waals surface area contributed by atoms with Crippen LogP contribution in [-0.2, 0) is 0 Å². The van der Waals surface area contributed by atoms with Gasteiger partial charge >= 0.3 is 0 Å². The van der Waals surface area contributed by atoms with E-state index in [-0.39, 0.29) is 0 Å². The van der Waals surface area contributed by atoms with E-state index in [4.69, 9.17) is 23.8 Å². The summed E-state index contributed by atoms with van der Waals surface area (Å²) in [7, 11) is 0. The molecule has 4 heteroatoms. The molecular formula is C14H15ClN2S. The second-order valence-corrected chi connectivity index (χ2v) is 6.61. The Morgan fingerprint density at radius 2 is 1.83 bits per heavy atom. The quantitative estimate of drug-likeness (QED) is 0.812. The minimum atomic E-state index is 0.632. The van der Waals surface area contributed by atoms with Crippen molar-refractivity contribution in [1.29, 1.82) is 0 Å². The maximum Gasteiger partial charge on any atom is 0.171 e. The summed E-state index contributed by atoms with van der Waals surface area (Å²) in [6, 6.07) is 8.27. The smallest absolute Gasteiger partial charge is 0.171 e. The molecule has 4 bridgehead atoms. The number of rotatable bonds is 2. The molecule has 1 aromatic carbocycles. The van der Waals surface area contributed by atoms with Crippen LogP contribution >= 0.6 is 23.8 Å². The van der Waals surface area contributed by atoms with Crippen LogP contribution < -0.4 is 10.6 Å². The molecule has 0 heterocycles. The third-order valence-corrected chi connectivity index (χ3v) is 5.34. The lowest BCUT2D eigenvalue weighted by Crippen LogP contribution is -2.40. The number of nitrogens with one attached hydrogen (secondary N) is 2. The van der Waals surface area contributed by atoms with Gasteiger partial charge < -0.3 is 10.6 Å². The zero-order chi connectivity index (χ0) is 12.3. The van der Waals surface area contributed by atoms with Gasteiger partial charge in [0, 0.05) is 16.8 Å². The summed E-state index contributed by atoms with van der Waals surface area (Å²) in [5.41, 5.74) is 0.995. The minimum absolute atomic E-state index is 0.632. The van der Waals surface area contributed by atoms with E-state index >= 15 is 0 Å². The van der Waals surface area contributed by atoms with Crippen LogP contribution in [0.1, 0.15) is 12.8 Å². The first-order valence-electron chi connectivity index (χ1n) is 6.55. The number of anilines is 1. The molecule has 4 saturated carbocycles. The van der Waals surface area contributed by atoms with E-state index in [1.54, 1.807) is 0 Å². The highest BCUT2D eigenvalue weighted by Gasteiger charge is 2.68. The maximum absolute atomic E-state index is 5.86. The highest BCUT2D eigenvalue weighted by atomic mass is 35.5. The summed E-state index contributed by atoms with van der Waals surface area (Å²) < 4.78 is 0. The molecule has 0 radical (unpaired) electrons. The number of benzene rings is 1. The van der Waals surface area contributed by atoms with Crippen LogP contribution in [0, 0.1) is 23.7 Å². The molecule has 94 valence electrons. The van der Waals surface area contributed by atoms with Gasteiger partial charge in [0.25, 0.3) is 0 Å². The van der Waals surface area contributed by atoms with E-state index in [2.05, 4.69) is 10.6 Å². The fourth-order valence-corrected chi connectivity index (χ4v) is 4.52. The Morgan fingerprint density at radius 3 is 2.39 bits per heavy atom. The molecule has 1 aromatic rings. The molecule has 0 aromatic heterocycles. The molecule has 0 saturated heterocycles. The summed E-state index contributed by atoms with van der Waals surface area (Å²) in [6.07, 6.45) is 2.85. The van der Waals surface area contributed by atoms with Crippen LogP contribution in [0.15, 0.2) is 24.3 Å². The number of hydrogen-bond acceptors (Lipinski definition) is 1. The van der Waals surface area contributed by atoms with Gasteiger partial charge in [-0.05, 0) is 73.0 Å². The summed E-state index contributed by atoms with van der Waals surface area (Å²) in [5.74, 6) is 3.83. The van der Waals surface area contributed by atoms with Crippen LogP contribution in [0.3, 0.4) is 0 Å². The van der Waals surface area contributed by atoms with Crippen LogP contribution in [0.2, 0.25) is 5.02 Å². The van der Waals surface area contributed by atoms with Crippen molar-refractivity contribution in [2.45, 2.75) is 18.9 Å². The van der Waals surface area contributed by atoms with Crippen LogP contribution in [0.25, 0.3) is 0 Å². The van der Waals surface area contributed by atoms with Gasteiger partial charge in [0.1, 0.15) is 0 Å². The summed E-state index contributed by atoms with van der Waals surface area (Å²) in [5, 5.41) is 8.25. The number of thiocarbonyl (C=S) groups is 1. The van der Waals surface area contributed by atoms with E-state index in [0.29, 0.717) is 6.04 Å². The molecule has 0 aliphatic heterocycles. The largest absolute Gasteiger partial charge is 0.359 e. The van der Waals surface area contributed by atoms with Crippen molar-refractivity contribution in [2.24, 2.45) is 23.7 Å². The van der Waals surface area contributed by atoms with Gasteiger partial charge in [0.15, 0.2) is 5.11 Å². The van der Waals surface area contributed by atoms with Crippen molar-refractivity contribution < 1.29 is 0 Å². The Bertz CT molecular complexity index is 487. The number of halogens is 1. The van der Waals surface area contributed by atoms with Gasteiger partial charge in [-0.3, -0.25) is 0 Å². The molecule has 18 heavy (non-hydrogen) atoms. The zero-order valence-corrected chi connectivity index (χ0v) is 11.5. The van der Waals surface area contributed by atoms with Crippen LogP contribution in [-0.4, -0.2) is 11.2 Å². The lowest BCUT2D eigenvalue weighted by Gasteiger charge is -2.19. The molecule has 2 nitrogen and oxygen atoms in total. The van der Waals surface area contributed by atoms with Crippen molar-refractivity contribution in [3.8, 4) is 0 Å². The highest BCUT2D eigenvalue weighted by molar-refractivity contribution is 7.80. The Hall–Kier alpha value is -0.800. The predicted molar refractivity (Wildman–Crippen MR) is 77.8 cm³/mol. The molecule has 3 unspecified atom stereocenters. The fraction of sp³-hybridized carbons (Fsp3) is 0.500. The first kappa shape index (κ1) is 11.1. The van der Waals surface area contributed by atoms with E-state index in [1.165, 1.54) is 12.8 Å². The molecule has 3 atom stereocenters. The lowest BCUT2D eigenvalue weighted by atomic mass is 10.1. The van der Waals surface area contributed by atoms with Crippen molar-refractivity contribution in [2.75, 3.05) is 5.32 Å². The van der Waals surface area contributed by atoms with Crippen molar-refractivity contribution in [1.82, 2.24) is 5.32 Å². The van der Waals surface area contributed by atoms with Gasteiger partial charge in [0.05, 0.1) is 0 Å². The third kappa shape index (κ3) is 1.64. The van der Waals surface area contributed by atoms with Crippen molar-refractivity contribution >= 4 is 34.6 Å². The van der Waals surface area contributed by atoms with Gasteiger partial charge in [-0.2, -0.15) is 0 Å². The Labute approximate surface area is 117 Å². The first-order chi connectivity index (χ1) is 8.72. The van der Waals surface area contributed by atoms with E-state index in [1.807, 2.05) is 24.3 Å². The molecule has 0 amide bonds. The van der Waals surface area contributed by atoms with Crippen LogP contribution in [0.4, 0.5) is 5.69 Å². The van der Waals surface area contributed by atoms with Gasteiger partial charge in [-0.1, -0.05) is 11.6 Å². The summed E-state index contributed by atoms with van der Waals surface area (Å²) >= 11 is 11.3. The fourth-order valence-electron chi connectivity index (χ4n) is 4.14. The standard InChI is InChI=1S/C14H15ClN2S/c15-8-1-3-9(4-2-8)16-14(18)17-13-7-5-10-11(6-7)12(10)13/h1-4,7,10-13H,5-6H2,(H2,16,17,18). The number of hydrogen-bond donors (Lipinski definition) is 2. The SMILES string of the molecule is S=C(Nc1ccc(Cl)cc1)NC1C2CC3C(C2)C31. The summed E-state index contributed by atoms with van der Waals surface area (Å²) in [4.78, 5) is 0. The van der Waals surface area contributed by atoms with Crippen molar-refractivity contribution in [3.05, 3.63) is 29.3 Å². The monoisotopic (exact) mass is 278 g/mol. The second kappa shape index (κ2) is 3.84. The molecule has 0 spiro atoms. The molecule has 4 aliphatic rings. The predicted octanol–water partition coefficient (Wildman–Crippen LogP) is 3.28. The van der Waals surface area contributed by atoms with E-state index in [9.17, 15) is 0 Å². The highest BCUT2D eigenvalue weighted by Crippen LogP contribution is 2.70. The van der Waals surface area contributed by atoms with E-state index in [0.717, 1.165) is 39.5 Å². The molecular weight excluding hydrogens is 264 g/mol. The Kier molecular flexibility index (Phi) is 2.36. The Balaban J connectivity index is 1.38. The van der Waals surface area contributed by atoms with Gasteiger partial charge in [0.2, 0.25) is 0 Å². The van der Waals surface area contributed by atoms with Gasteiger partial charge in [-0.25, -0.2) is 0 Å². The topological polar surface area (TPSA) is 24.1 Å². The summed E-state index contributed by atoms with van der Waals surface area (Å²) in [6.45, 7) is 0. The molecule has 5 rings (SSSR count). The Morgan fingerprint density at radius 1 is 1.17 bits per heavy atom. The van der Waals surface area contributed by atoms with Crippen LogP contribution in [0.5, 0.6) is 0 Å². The molecule has 4 aliphatic carbocycles. The maximum atomic E-state index is 5.86. The first-order valence-corrected chi connectivity index (χ1v) is 7.34. The zero-order valence-electron chi connectivity index (χ0n) is 9.90. The lowest BCUT2D eigenvalue weighted by molar-refractivity contribution is 0.484. The molecule has 2 N–H and O–H groups in total. The normalized spacial score (nSPS) is 38.6. The average molecular weight is 279 g/mol.